The first kappa shape index (κ1) is 12.8. The Bertz CT molecular complexity index is 734. The summed E-state index contributed by atoms with van der Waals surface area (Å²) >= 11 is 0. The van der Waals surface area contributed by atoms with E-state index in [1.165, 1.54) is 6.33 Å². The monoisotopic (exact) mass is 281 g/mol. The van der Waals surface area contributed by atoms with E-state index in [1.807, 2.05) is 0 Å². The number of nitrogens with two attached hydrogens (primary N) is 1. The molecule has 8 nitrogen and oxygen atoms in total. The van der Waals surface area contributed by atoms with Crippen molar-refractivity contribution in [3.63, 3.8) is 0 Å². The predicted molar refractivity (Wildman–Crippen MR) is 71.9 cm³/mol. The van der Waals surface area contributed by atoms with Crippen LogP contribution < -0.4 is 11.3 Å². The lowest BCUT2D eigenvalue weighted by molar-refractivity contribution is 0.101. The van der Waals surface area contributed by atoms with Gasteiger partial charge in [0.1, 0.15) is 0 Å². The largest absolute Gasteiger partial charge is 0.396 e. The first-order valence-electron chi connectivity index (χ1n) is 6.23. The lowest BCUT2D eigenvalue weighted by Gasteiger charge is -2.15. The van der Waals surface area contributed by atoms with Crippen LogP contribution in [0.25, 0.3) is 11.2 Å². The SMILES string of the molecule is C=C1[C@H](CO)[C@@H](O)C[C@@H]1n1cn[13c]2[13c](=O)[nH][13c](N)n[13c]21. The highest BCUT2D eigenvalue weighted by Gasteiger charge is 2.37. The number of aliphatic hydroxyl groups excluding tert-OH is 2. The summed E-state index contributed by atoms with van der Waals surface area (Å²) in [5, 5.41) is 19.2. The first-order chi connectivity index (χ1) is 9.52. The zero-order chi connectivity index (χ0) is 14.4. The van der Waals surface area contributed by atoms with Crippen LogP contribution in [0.15, 0.2) is 23.3 Å². The average molecular weight is 281 g/mol. The second-order valence-electron chi connectivity index (χ2n) is 4.96. The van der Waals surface area contributed by atoms with Crippen molar-refractivity contribution in [1.29, 1.82) is 0 Å². The zero-order valence-corrected chi connectivity index (χ0v) is 10.7. The van der Waals surface area contributed by atoms with Crippen LogP contribution in [0, 0.1) is 5.92 Å². The van der Waals surface area contributed by atoms with Gasteiger partial charge >= 0.3 is 0 Å². The maximum atomic E-state index is 11.7. The van der Waals surface area contributed by atoms with Crippen molar-refractivity contribution in [2.24, 2.45) is 5.92 Å². The fourth-order valence-corrected chi connectivity index (χ4v) is 2.74. The third-order valence-electron chi connectivity index (χ3n) is 3.82. The van der Waals surface area contributed by atoms with Gasteiger partial charge in [0.05, 0.1) is 25.1 Å². The van der Waals surface area contributed by atoms with Gasteiger partial charge < -0.3 is 20.5 Å². The molecule has 8 heteroatoms. The highest BCUT2D eigenvalue weighted by atomic mass is 16.3. The van der Waals surface area contributed by atoms with Crippen LogP contribution in [0.3, 0.4) is 0 Å². The number of rotatable bonds is 2. The molecule has 2 heterocycles. The predicted octanol–water partition coefficient (Wildman–Crippen LogP) is -0.828. The fraction of sp³-hybridized carbons (Fsp3) is 0.417. The van der Waals surface area contributed by atoms with Crippen LogP contribution in [0.1, 0.15) is 12.5 Å². The molecule has 1 aliphatic rings. The Morgan fingerprint density at radius 2 is 2.35 bits per heavy atom. The molecule has 2 aromatic rings. The van der Waals surface area contributed by atoms with Gasteiger partial charge in [0.15, 0.2) is 11.2 Å². The second kappa shape index (κ2) is 4.43. The topological polar surface area (TPSA) is 130 Å². The van der Waals surface area contributed by atoms with Gasteiger partial charge in [0, 0.05) is 5.92 Å². The third kappa shape index (κ3) is 1.73. The Kier molecular flexibility index (Phi) is 2.84. The van der Waals surface area contributed by atoms with Gasteiger partial charge in [0.2, 0.25) is 5.95 Å². The third-order valence-corrected chi connectivity index (χ3v) is 3.82. The van der Waals surface area contributed by atoms with Crippen LogP contribution in [0.4, 0.5) is 5.95 Å². The number of imidazole rings is 1. The van der Waals surface area contributed by atoms with E-state index >= 15 is 0 Å². The molecule has 1 aliphatic carbocycles. The van der Waals surface area contributed by atoms with Crippen molar-refractivity contribution in [1.82, 2.24) is 19.5 Å². The summed E-state index contributed by atoms with van der Waals surface area (Å²) in [6, 6.07) is -0.263. The number of aromatic amines is 1. The van der Waals surface area contributed by atoms with Gasteiger partial charge in [-0.25, -0.2) is 4.98 Å². The molecule has 1 saturated carbocycles. The second-order valence-corrected chi connectivity index (χ2v) is 4.96. The van der Waals surface area contributed by atoms with Crippen molar-refractivity contribution in [3.05, 3.63) is 28.8 Å². The standard InChI is InChI=1S/C12H15N5O3/c1-5-6(3-18)8(19)2-7(5)17-4-14-9-10(17)15-12(13)16-11(9)20/h4,6-8,18-19H,1-3H2,(H3,13,15,16,20)/t6-,7-,8-/m0/s1/i9+1,10+1,11+1,12+1. The number of hydrogen-bond donors (Lipinski definition) is 4. The minimum atomic E-state index is -0.672. The Hall–Kier alpha value is -2.19. The highest BCUT2D eigenvalue weighted by molar-refractivity contribution is 5.70. The van der Waals surface area contributed by atoms with E-state index in [4.69, 9.17) is 5.73 Å². The van der Waals surface area contributed by atoms with E-state index in [2.05, 4.69) is 21.5 Å². The number of H-pyrrole nitrogens is 1. The fourth-order valence-electron chi connectivity index (χ4n) is 2.74. The molecule has 0 saturated heterocycles. The Morgan fingerprint density at radius 1 is 1.60 bits per heavy atom. The maximum Gasteiger partial charge on any atom is 0.280 e. The highest BCUT2D eigenvalue weighted by Crippen LogP contribution is 2.39. The number of aliphatic hydroxyl groups is 2. The number of anilines is 1. The zero-order valence-electron chi connectivity index (χ0n) is 10.7. The smallest absolute Gasteiger partial charge is 0.280 e. The van der Waals surface area contributed by atoms with E-state index in [0.29, 0.717) is 17.6 Å². The molecule has 3 rings (SSSR count). The van der Waals surface area contributed by atoms with Gasteiger partial charge in [-0.05, 0) is 12.0 Å². The first-order valence-corrected chi connectivity index (χ1v) is 6.23. The molecule has 3 atom stereocenters. The van der Waals surface area contributed by atoms with Crippen LogP contribution >= 0.6 is 0 Å². The van der Waals surface area contributed by atoms with Crippen molar-refractivity contribution in [3.8, 4) is 0 Å². The van der Waals surface area contributed by atoms with Crippen molar-refractivity contribution in [2.75, 3.05) is 12.3 Å². The van der Waals surface area contributed by atoms with E-state index in [1.54, 1.807) is 4.57 Å². The number of hydrogen-bond acceptors (Lipinski definition) is 6. The summed E-state index contributed by atoms with van der Waals surface area (Å²) in [4.78, 5) is 22.2. The molecule has 0 unspecified atom stereocenters. The molecule has 2 aromatic heterocycles. The lowest BCUT2D eigenvalue weighted by atomic mass is 10.0. The van der Waals surface area contributed by atoms with Crippen molar-refractivity contribution >= 4 is 17.1 Å². The lowest BCUT2D eigenvalue weighted by Crippen LogP contribution is -2.17. The van der Waals surface area contributed by atoms with Gasteiger partial charge in [0.25, 0.3) is 5.56 Å². The van der Waals surface area contributed by atoms with Gasteiger partial charge in [-0.3, -0.25) is 9.78 Å². The minimum Gasteiger partial charge on any atom is -0.396 e. The van der Waals surface area contributed by atoms with Crippen LogP contribution in [0.5, 0.6) is 0 Å². The molecule has 0 spiro atoms. The Morgan fingerprint density at radius 3 is 3.00 bits per heavy atom. The maximum absolute atomic E-state index is 11.7. The summed E-state index contributed by atoms with van der Waals surface area (Å²) in [7, 11) is 0. The molecule has 0 radical (unpaired) electrons. The minimum absolute atomic E-state index is 0.00659. The molecule has 1 fully saturated rings. The number of nitrogen functional groups attached to an aromatic ring is 1. The van der Waals surface area contributed by atoms with Crippen molar-refractivity contribution in [2.45, 2.75) is 18.6 Å². The average Bonchev–Trinajstić information content (AvgIpc) is 2.91. The summed E-state index contributed by atoms with van der Waals surface area (Å²) in [5.74, 6) is -0.371. The quantitative estimate of drug-likeness (QED) is 0.532. The van der Waals surface area contributed by atoms with E-state index in [0.717, 1.165) is 0 Å². The molecular weight excluding hydrogens is 266 g/mol. The number of fused-ring (bicyclic) bond motifs is 1. The van der Waals surface area contributed by atoms with Gasteiger partial charge in [-0.1, -0.05) is 6.58 Å². The summed E-state index contributed by atoms with van der Waals surface area (Å²) in [6.07, 6.45) is 1.20. The van der Waals surface area contributed by atoms with E-state index < -0.39 is 11.7 Å². The van der Waals surface area contributed by atoms with Crippen LogP contribution in [0.2, 0.25) is 0 Å². The molecule has 20 heavy (non-hydrogen) atoms. The molecular formula is C12H15N5O3. The normalized spacial score (nSPS) is 26.5. The van der Waals surface area contributed by atoms with Gasteiger partial charge in [-0.15, -0.1) is 0 Å². The molecule has 0 aliphatic heterocycles. The molecule has 0 bridgehead atoms. The number of aromatic nitrogens is 4. The number of nitrogens with zero attached hydrogens (tertiary/aromatic N) is 3. The summed E-state index contributed by atoms with van der Waals surface area (Å²) < 4.78 is 1.67. The Balaban J connectivity index is 2.12. The molecule has 0 amide bonds. The molecule has 5 N–H and O–H groups in total. The summed E-state index contributed by atoms with van der Waals surface area (Å²) in [6.45, 7) is 3.76. The summed E-state index contributed by atoms with van der Waals surface area (Å²) in [5.41, 5.74) is 6.37. The molecule has 0 aromatic carbocycles. The number of nitrogens with one attached hydrogen (secondary N) is 1. The van der Waals surface area contributed by atoms with E-state index in [9.17, 15) is 15.0 Å². The van der Waals surface area contributed by atoms with Crippen LogP contribution in [-0.2, 0) is 0 Å². The molecule has 106 valence electrons. The Labute approximate surface area is 113 Å². The van der Waals surface area contributed by atoms with Crippen LogP contribution in [-0.4, -0.2) is 42.4 Å². The van der Waals surface area contributed by atoms with Gasteiger partial charge in [-0.2, -0.15) is 4.98 Å². The van der Waals surface area contributed by atoms with Crippen molar-refractivity contribution < 1.29 is 10.2 Å². The van der Waals surface area contributed by atoms with E-state index in [-0.39, 0.29) is 30.0 Å².